The molecule has 1 amide bonds. The number of amides is 1. The maximum Gasteiger partial charge on any atom is 0.394 e. The molecule has 2 N–H and O–H groups in total. The number of nitrogens with one attached hydrogen (secondary N) is 1. The highest BCUT2D eigenvalue weighted by molar-refractivity contribution is 6.31. The SMILES string of the molecule is O=C(O)C(=O)NCCCc1ccc(OC(F)F)c(OCC2CC2)c1. The summed E-state index contributed by atoms with van der Waals surface area (Å²) in [4.78, 5) is 21.3. The first-order chi connectivity index (χ1) is 11.5. The first-order valence-electron chi connectivity index (χ1n) is 7.67. The monoisotopic (exact) mass is 343 g/mol. The van der Waals surface area contributed by atoms with E-state index in [-0.39, 0.29) is 18.0 Å². The zero-order chi connectivity index (χ0) is 17.5. The van der Waals surface area contributed by atoms with Crippen molar-refractivity contribution in [2.45, 2.75) is 32.3 Å². The smallest absolute Gasteiger partial charge is 0.394 e. The van der Waals surface area contributed by atoms with Crippen LogP contribution < -0.4 is 14.8 Å². The van der Waals surface area contributed by atoms with Gasteiger partial charge >= 0.3 is 18.5 Å². The van der Waals surface area contributed by atoms with Gasteiger partial charge in [0.15, 0.2) is 11.5 Å². The molecule has 6 nitrogen and oxygen atoms in total. The largest absolute Gasteiger partial charge is 0.489 e. The van der Waals surface area contributed by atoms with E-state index in [4.69, 9.17) is 9.84 Å². The molecule has 0 aliphatic heterocycles. The Morgan fingerprint density at radius 3 is 2.67 bits per heavy atom. The van der Waals surface area contributed by atoms with Crippen LogP contribution in [0.4, 0.5) is 8.78 Å². The summed E-state index contributed by atoms with van der Waals surface area (Å²) < 4.78 is 34.9. The normalized spacial score (nSPS) is 13.6. The van der Waals surface area contributed by atoms with E-state index in [0.29, 0.717) is 25.4 Å². The summed E-state index contributed by atoms with van der Waals surface area (Å²) in [5.74, 6) is -1.84. The topological polar surface area (TPSA) is 84.9 Å². The molecule has 1 saturated carbocycles. The molecular formula is C16H19F2NO5. The number of carbonyl (C=O) groups is 2. The second-order valence-corrected chi connectivity index (χ2v) is 5.58. The van der Waals surface area contributed by atoms with Crippen molar-refractivity contribution in [3.05, 3.63) is 23.8 Å². The average Bonchev–Trinajstić information content (AvgIpc) is 3.34. The molecule has 0 bridgehead atoms. The number of carboxylic acid groups (broad SMARTS) is 1. The van der Waals surface area contributed by atoms with Crippen LogP contribution in [-0.4, -0.2) is 36.7 Å². The fourth-order valence-electron chi connectivity index (χ4n) is 2.08. The zero-order valence-electron chi connectivity index (χ0n) is 13.0. The highest BCUT2D eigenvalue weighted by Gasteiger charge is 2.23. The Morgan fingerprint density at radius 2 is 2.04 bits per heavy atom. The summed E-state index contributed by atoms with van der Waals surface area (Å²) in [7, 11) is 0. The van der Waals surface area contributed by atoms with Gasteiger partial charge in [-0.2, -0.15) is 8.78 Å². The van der Waals surface area contributed by atoms with Crippen LogP contribution in [0.25, 0.3) is 0 Å². The molecule has 0 radical (unpaired) electrons. The minimum absolute atomic E-state index is 0.00594. The van der Waals surface area contributed by atoms with Gasteiger partial charge in [-0.15, -0.1) is 0 Å². The molecule has 1 aromatic rings. The van der Waals surface area contributed by atoms with Crippen LogP contribution in [0.5, 0.6) is 11.5 Å². The van der Waals surface area contributed by atoms with Crippen molar-refractivity contribution in [2.24, 2.45) is 5.92 Å². The molecule has 8 heteroatoms. The molecule has 0 spiro atoms. The molecule has 1 aliphatic carbocycles. The van der Waals surface area contributed by atoms with Gasteiger partial charge in [-0.05, 0) is 49.3 Å². The minimum Gasteiger partial charge on any atom is -0.489 e. The van der Waals surface area contributed by atoms with Gasteiger partial charge in [0.1, 0.15) is 0 Å². The third kappa shape index (κ3) is 6.02. The maximum absolute atomic E-state index is 12.4. The number of benzene rings is 1. The number of carboxylic acids is 1. The Labute approximate surface area is 137 Å². The van der Waals surface area contributed by atoms with Gasteiger partial charge in [-0.1, -0.05) is 6.07 Å². The van der Waals surface area contributed by atoms with Crippen LogP contribution in [0.1, 0.15) is 24.8 Å². The van der Waals surface area contributed by atoms with Crippen LogP contribution in [0, 0.1) is 5.92 Å². The van der Waals surface area contributed by atoms with E-state index < -0.39 is 18.5 Å². The van der Waals surface area contributed by atoms with Gasteiger partial charge in [0.25, 0.3) is 0 Å². The lowest BCUT2D eigenvalue weighted by molar-refractivity contribution is -0.150. The highest BCUT2D eigenvalue weighted by Crippen LogP contribution is 2.34. The molecule has 0 aromatic heterocycles. The van der Waals surface area contributed by atoms with Crippen LogP contribution >= 0.6 is 0 Å². The highest BCUT2D eigenvalue weighted by atomic mass is 19.3. The molecule has 1 fully saturated rings. The Bertz CT molecular complexity index is 590. The Hall–Kier alpha value is -2.38. The Morgan fingerprint density at radius 1 is 1.29 bits per heavy atom. The summed E-state index contributed by atoms with van der Waals surface area (Å²) in [5.41, 5.74) is 0.826. The van der Waals surface area contributed by atoms with Gasteiger partial charge in [0, 0.05) is 6.54 Å². The Kier molecular flexibility index (Phi) is 6.34. The van der Waals surface area contributed by atoms with E-state index in [1.54, 1.807) is 12.1 Å². The van der Waals surface area contributed by atoms with Crippen LogP contribution in [0.2, 0.25) is 0 Å². The molecule has 1 aromatic carbocycles. The summed E-state index contributed by atoms with van der Waals surface area (Å²) in [6.45, 7) is -2.25. The summed E-state index contributed by atoms with van der Waals surface area (Å²) in [5, 5.41) is 10.7. The maximum atomic E-state index is 12.4. The predicted molar refractivity (Wildman–Crippen MR) is 80.3 cm³/mol. The molecule has 132 valence electrons. The fourth-order valence-corrected chi connectivity index (χ4v) is 2.08. The first kappa shape index (κ1) is 18.0. The van der Waals surface area contributed by atoms with Crippen molar-refractivity contribution in [3.63, 3.8) is 0 Å². The third-order valence-electron chi connectivity index (χ3n) is 3.52. The van der Waals surface area contributed by atoms with Gasteiger partial charge < -0.3 is 19.9 Å². The summed E-state index contributed by atoms with van der Waals surface area (Å²) in [6.07, 6.45) is 3.20. The summed E-state index contributed by atoms with van der Waals surface area (Å²) in [6, 6.07) is 4.71. The molecule has 0 saturated heterocycles. The van der Waals surface area contributed by atoms with E-state index in [1.165, 1.54) is 6.07 Å². The lowest BCUT2D eigenvalue weighted by Crippen LogP contribution is -2.31. The van der Waals surface area contributed by atoms with E-state index in [9.17, 15) is 18.4 Å². The number of ether oxygens (including phenoxy) is 2. The number of rotatable bonds is 9. The van der Waals surface area contributed by atoms with E-state index in [2.05, 4.69) is 10.1 Å². The molecule has 1 aliphatic rings. The molecular weight excluding hydrogens is 324 g/mol. The molecule has 24 heavy (non-hydrogen) atoms. The lowest BCUT2D eigenvalue weighted by Gasteiger charge is -2.13. The average molecular weight is 343 g/mol. The number of carbonyl (C=O) groups excluding carboxylic acids is 1. The van der Waals surface area contributed by atoms with Crippen LogP contribution in [0.15, 0.2) is 18.2 Å². The van der Waals surface area contributed by atoms with Crippen molar-refractivity contribution in [1.82, 2.24) is 5.32 Å². The van der Waals surface area contributed by atoms with Crippen LogP contribution in [-0.2, 0) is 16.0 Å². The van der Waals surface area contributed by atoms with Crippen molar-refractivity contribution >= 4 is 11.9 Å². The quantitative estimate of drug-likeness (QED) is 0.530. The number of alkyl halides is 2. The van der Waals surface area contributed by atoms with Gasteiger partial charge in [-0.3, -0.25) is 4.79 Å². The number of hydrogen-bond acceptors (Lipinski definition) is 4. The van der Waals surface area contributed by atoms with E-state index in [1.807, 2.05) is 0 Å². The van der Waals surface area contributed by atoms with Crippen molar-refractivity contribution < 1.29 is 33.0 Å². The van der Waals surface area contributed by atoms with Gasteiger partial charge in [0.05, 0.1) is 6.61 Å². The molecule has 0 unspecified atom stereocenters. The summed E-state index contributed by atoms with van der Waals surface area (Å²) >= 11 is 0. The number of halogens is 2. The Balaban J connectivity index is 1.90. The molecule has 2 rings (SSSR count). The second kappa shape index (κ2) is 8.47. The second-order valence-electron chi connectivity index (χ2n) is 5.58. The van der Waals surface area contributed by atoms with Crippen molar-refractivity contribution in [3.8, 4) is 11.5 Å². The lowest BCUT2D eigenvalue weighted by atomic mass is 10.1. The molecule has 0 atom stereocenters. The molecule has 0 heterocycles. The van der Waals surface area contributed by atoms with Crippen LogP contribution in [0.3, 0.4) is 0 Å². The minimum atomic E-state index is -2.93. The van der Waals surface area contributed by atoms with E-state index in [0.717, 1.165) is 18.4 Å². The van der Waals surface area contributed by atoms with E-state index >= 15 is 0 Å². The predicted octanol–water partition coefficient (Wildman–Crippen LogP) is 2.21. The van der Waals surface area contributed by atoms with Gasteiger partial charge in [0.2, 0.25) is 0 Å². The van der Waals surface area contributed by atoms with Crippen molar-refractivity contribution in [1.29, 1.82) is 0 Å². The standard InChI is InChI=1S/C16H19F2NO5/c17-16(18)24-12-6-5-10(2-1-7-19-14(20)15(21)22)8-13(12)23-9-11-3-4-11/h5-6,8,11,16H,1-4,7,9H2,(H,19,20)(H,21,22). The van der Waals surface area contributed by atoms with Gasteiger partial charge in [-0.25, -0.2) is 4.79 Å². The van der Waals surface area contributed by atoms with Crippen molar-refractivity contribution in [2.75, 3.05) is 13.2 Å². The zero-order valence-corrected chi connectivity index (χ0v) is 13.0. The number of aliphatic carboxylic acids is 1. The number of aryl methyl sites for hydroxylation is 1. The third-order valence-corrected chi connectivity index (χ3v) is 3.52. The fraction of sp³-hybridized carbons (Fsp3) is 0.500. The first-order valence-corrected chi connectivity index (χ1v) is 7.67. The number of hydrogen-bond donors (Lipinski definition) is 2.